The van der Waals surface area contributed by atoms with Crippen molar-refractivity contribution in [3.8, 4) is 55.9 Å². The van der Waals surface area contributed by atoms with Crippen LogP contribution in [-0.2, 0) is 0 Å². The zero-order valence-corrected chi connectivity index (χ0v) is 30.7. The Morgan fingerprint density at radius 3 is 1.30 bits per heavy atom. The minimum atomic E-state index is 1.16. The molecule has 2 nitrogen and oxygen atoms in total. The summed E-state index contributed by atoms with van der Waals surface area (Å²) in [5, 5.41) is 5.02. The van der Waals surface area contributed by atoms with Crippen LogP contribution in [-0.4, -0.2) is 9.13 Å². The maximum Gasteiger partial charge on any atom is 0.0541 e. The van der Waals surface area contributed by atoms with E-state index >= 15 is 0 Å². The van der Waals surface area contributed by atoms with Gasteiger partial charge >= 0.3 is 0 Å². The Kier molecular flexibility index (Phi) is 7.53. The van der Waals surface area contributed by atoms with Crippen LogP contribution in [0.3, 0.4) is 0 Å². The first-order chi connectivity index (χ1) is 27.8. The Bertz CT molecular complexity index is 3220. The summed E-state index contributed by atoms with van der Waals surface area (Å²) in [5.41, 5.74) is 16.9. The van der Waals surface area contributed by atoms with Crippen molar-refractivity contribution in [3.05, 3.63) is 218 Å². The van der Waals surface area contributed by atoms with Crippen LogP contribution in [0.15, 0.2) is 218 Å². The third kappa shape index (κ3) is 5.26. The Balaban J connectivity index is 0.974. The van der Waals surface area contributed by atoms with Gasteiger partial charge in [0.15, 0.2) is 0 Å². The lowest BCUT2D eigenvalue weighted by Crippen LogP contribution is -1.94. The Morgan fingerprint density at radius 1 is 0.214 bits per heavy atom. The number of fused-ring (bicyclic) bond motifs is 6. The lowest BCUT2D eigenvalue weighted by Gasteiger charge is -2.13. The van der Waals surface area contributed by atoms with E-state index in [9.17, 15) is 0 Å². The van der Waals surface area contributed by atoms with Crippen molar-refractivity contribution in [2.24, 2.45) is 0 Å². The summed E-state index contributed by atoms with van der Waals surface area (Å²) in [6.07, 6.45) is 0. The largest absolute Gasteiger partial charge is 0.309 e. The molecule has 0 radical (unpaired) electrons. The van der Waals surface area contributed by atoms with Crippen LogP contribution in [0, 0.1) is 0 Å². The van der Waals surface area contributed by atoms with Gasteiger partial charge in [-0.2, -0.15) is 0 Å². The fourth-order valence-electron chi connectivity index (χ4n) is 8.71. The van der Waals surface area contributed by atoms with Gasteiger partial charge in [0.05, 0.1) is 22.1 Å². The second kappa shape index (κ2) is 13.2. The monoisotopic (exact) mass is 712 g/mol. The van der Waals surface area contributed by atoms with Crippen LogP contribution in [0.1, 0.15) is 0 Å². The highest BCUT2D eigenvalue weighted by atomic mass is 15.0. The lowest BCUT2D eigenvalue weighted by molar-refractivity contribution is 1.18. The summed E-state index contributed by atoms with van der Waals surface area (Å²) in [6.45, 7) is 0. The van der Waals surface area contributed by atoms with Crippen molar-refractivity contribution in [1.29, 1.82) is 0 Å². The van der Waals surface area contributed by atoms with Gasteiger partial charge in [-0.3, -0.25) is 0 Å². The second-order valence-corrected chi connectivity index (χ2v) is 14.5. The van der Waals surface area contributed by atoms with Gasteiger partial charge in [0, 0.05) is 32.9 Å². The number of aromatic nitrogens is 2. The molecule has 56 heavy (non-hydrogen) atoms. The van der Waals surface area contributed by atoms with Gasteiger partial charge in [-0.15, -0.1) is 0 Å². The van der Waals surface area contributed by atoms with E-state index in [1.807, 2.05) is 0 Å². The van der Waals surface area contributed by atoms with Gasteiger partial charge in [-0.1, -0.05) is 158 Å². The van der Waals surface area contributed by atoms with Crippen molar-refractivity contribution >= 4 is 43.6 Å². The van der Waals surface area contributed by atoms with Crippen LogP contribution < -0.4 is 0 Å². The first-order valence-corrected chi connectivity index (χ1v) is 19.3. The number of hydrogen-bond acceptors (Lipinski definition) is 0. The number of para-hydroxylation sites is 3. The maximum atomic E-state index is 2.41. The fourth-order valence-corrected chi connectivity index (χ4v) is 8.71. The summed E-state index contributed by atoms with van der Waals surface area (Å²) in [5.74, 6) is 0. The molecular formula is C54H36N2. The number of benzene rings is 9. The van der Waals surface area contributed by atoms with E-state index in [2.05, 4.69) is 228 Å². The fraction of sp³-hybridized carbons (Fsp3) is 0. The van der Waals surface area contributed by atoms with Crippen molar-refractivity contribution in [2.45, 2.75) is 0 Å². The highest BCUT2D eigenvalue weighted by Gasteiger charge is 2.16. The average molecular weight is 713 g/mol. The topological polar surface area (TPSA) is 9.86 Å². The molecule has 0 bridgehead atoms. The predicted octanol–water partition coefficient (Wildman–Crippen LogP) is 14.5. The van der Waals surface area contributed by atoms with Gasteiger partial charge in [0.1, 0.15) is 0 Å². The lowest BCUT2D eigenvalue weighted by atomic mass is 9.92. The molecular weight excluding hydrogens is 677 g/mol. The van der Waals surface area contributed by atoms with Crippen molar-refractivity contribution in [3.63, 3.8) is 0 Å². The molecule has 0 unspecified atom stereocenters. The van der Waals surface area contributed by atoms with E-state index in [1.54, 1.807) is 0 Å². The molecule has 9 aromatic carbocycles. The van der Waals surface area contributed by atoms with Crippen molar-refractivity contribution in [1.82, 2.24) is 9.13 Å². The molecule has 11 rings (SSSR count). The van der Waals surface area contributed by atoms with Crippen LogP contribution in [0.5, 0.6) is 0 Å². The summed E-state index contributed by atoms with van der Waals surface area (Å²) in [7, 11) is 0. The van der Waals surface area contributed by atoms with Gasteiger partial charge in [0.2, 0.25) is 0 Å². The van der Waals surface area contributed by atoms with E-state index in [-0.39, 0.29) is 0 Å². The van der Waals surface area contributed by atoms with Crippen LogP contribution >= 0.6 is 0 Å². The third-order valence-corrected chi connectivity index (χ3v) is 11.3. The second-order valence-electron chi connectivity index (χ2n) is 14.5. The Morgan fingerprint density at radius 2 is 0.625 bits per heavy atom. The van der Waals surface area contributed by atoms with Crippen LogP contribution in [0.4, 0.5) is 0 Å². The Labute approximate surface area is 325 Å². The molecule has 2 aromatic heterocycles. The standard InChI is InChI=1S/C54H36N2/c1-3-14-37(15-4-1)40-16-13-19-44(34-40)56-52-25-12-10-23-48(52)50-36-42(31-33-54(50)56)46-21-8-7-20-45(46)39-28-26-38(27-29-39)41-30-32-53-49(35-41)47-22-9-11-24-51(47)55(53)43-17-5-2-6-18-43/h1-36H. The average Bonchev–Trinajstić information content (AvgIpc) is 3.79. The molecule has 0 spiro atoms. The van der Waals surface area contributed by atoms with E-state index in [4.69, 9.17) is 0 Å². The van der Waals surface area contributed by atoms with Crippen molar-refractivity contribution < 1.29 is 0 Å². The van der Waals surface area contributed by atoms with Gasteiger partial charge in [0.25, 0.3) is 0 Å². The third-order valence-electron chi connectivity index (χ3n) is 11.3. The molecule has 0 saturated carbocycles. The minimum absolute atomic E-state index is 1.16. The van der Waals surface area contributed by atoms with E-state index in [0.717, 1.165) is 5.69 Å². The highest BCUT2D eigenvalue weighted by molar-refractivity contribution is 6.12. The summed E-state index contributed by atoms with van der Waals surface area (Å²) in [4.78, 5) is 0. The molecule has 0 atom stereocenters. The van der Waals surface area contributed by atoms with Crippen molar-refractivity contribution in [2.75, 3.05) is 0 Å². The normalized spacial score (nSPS) is 11.6. The van der Waals surface area contributed by atoms with Gasteiger partial charge in [-0.25, -0.2) is 0 Å². The van der Waals surface area contributed by atoms with Gasteiger partial charge < -0.3 is 9.13 Å². The molecule has 0 aliphatic heterocycles. The summed E-state index contributed by atoms with van der Waals surface area (Å²) < 4.78 is 4.77. The summed E-state index contributed by atoms with van der Waals surface area (Å²) in [6, 6.07) is 79.3. The molecule has 0 aliphatic rings. The molecule has 0 N–H and O–H groups in total. The van der Waals surface area contributed by atoms with Crippen LogP contribution in [0.25, 0.3) is 99.5 Å². The van der Waals surface area contributed by atoms with E-state index in [0.29, 0.717) is 0 Å². The Hall–Kier alpha value is -7.42. The first-order valence-electron chi connectivity index (χ1n) is 19.3. The van der Waals surface area contributed by atoms with E-state index in [1.165, 1.54) is 93.8 Å². The number of rotatable bonds is 6. The SMILES string of the molecule is c1ccc(-c2cccc(-n3c4ccccc4c4cc(-c5ccccc5-c5ccc(-c6ccc7c(c6)c6ccccc6n7-c6ccccc6)cc5)ccc43)c2)cc1. The first kappa shape index (κ1) is 32.0. The molecule has 2 heterocycles. The summed E-state index contributed by atoms with van der Waals surface area (Å²) >= 11 is 0. The molecule has 262 valence electrons. The smallest absolute Gasteiger partial charge is 0.0541 e. The molecule has 0 saturated heterocycles. The van der Waals surface area contributed by atoms with E-state index < -0.39 is 0 Å². The van der Waals surface area contributed by atoms with Crippen LogP contribution in [0.2, 0.25) is 0 Å². The highest BCUT2D eigenvalue weighted by Crippen LogP contribution is 2.40. The zero-order valence-electron chi connectivity index (χ0n) is 30.7. The maximum absolute atomic E-state index is 2.41. The molecule has 0 aliphatic carbocycles. The number of hydrogen-bond donors (Lipinski definition) is 0. The molecule has 0 amide bonds. The quantitative estimate of drug-likeness (QED) is 0.162. The van der Waals surface area contributed by atoms with Gasteiger partial charge in [-0.05, 0) is 105 Å². The number of nitrogens with zero attached hydrogens (tertiary/aromatic N) is 2. The minimum Gasteiger partial charge on any atom is -0.309 e. The zero-order chi connectivity index (χ0) is 37.0. The predicted molar refractivity (Wildman–Crippen MR) is 237 cm³/mol. The molecule has 0 fully saturated rings. The molecule has 11 aromatic rings. The molecule has 2 heteroatoms.